The highest BCUT2D eigenvalue weighted by Gasteiger charge is 2.07. The number of anilines is 4. The predicted octanol–water partition coefficient (Wildman–Crippen LogP) is 5.73. The van der Waals surface area contributed by atoms with Crippen LogP contribution in [0.2, 0.25) is 0 Å². The standard InChI is InChI=1S/C25H26N4O4.C2H6/c1-17-5-2-3-8-22(17)29-25(33)28-19-11-9-18(10-12-19)15-23(30)27-21-7-4-6-20(16-21)26-14-13-24(31)32;1-2/h2-12,16,26H,13-15H2,1H3,(H,27,30)(H,31,32)(H2,28,29,33);1-2H3. The first kappa shape index (κ1) is 26.9. The van der Waals surface area contributed by atoms with Crippen molar-refractivity contribution in [2.75, 3.05) is 27.8 Å². The van der Waals surface area contributed by atoms with Gasteiger partial charge >= 0.3 is 12.0 Å². The molecule has 8 nitrogen and oxygen atoms in total. The van der Waals surface area contributed by atoms with E-state index in [1.807, 2.05) is 45.0 Å². The Hall–Kier alpha value is -4.33. The number of carbonyl (C=O) groups is 3. The predicted molar refractivity (Wildman–Crippen MR) is 141 cm³/mol. The van der Waals surface area contributed by atoms with Gasteiger partial charge in [0, 0.05) is 29.3 Å². The van der Waals surface area contributed by atoms with Gasteiger partial charge < -0.3 is 26.4 Å². The van der Waals surface area contributed by atoms with Crippen molar-refractivity contribution in [3.05, 3.63) is 83.9 Å². The fraction of sp³-hybridized carbons (Fsp3) is 0.222. The summed E-state index contributed by atoms with van der Waals surface area (Å²) in [6.45, 7) is 6.22. The van der Waals surface area contributed by atoms with E-state index in [2.05, 4.69) is 21.3 Å². The van der Waals surface area contributed by atoms with Gasteiger partial charge in [0.15, 0.2) is 0 Å². The van der Waals surface area contributed by atoms with Crippen LogP contribution in [0.15, 0.2) is 72.8 Å². The van der Waals surface area contributed by atoms with E-state index in [1.54, 1.807) is 48.5 Å². The van der Waals surface area contributed by atoms with E-state index in [4.69, 9.17) is 5.11 Å². The largest absolute Gasteiger partial charge is 0.481 e. The van der Waals surface area contributed by atoms with Crippen molar-refractivity contribution in [2.24, 2.45) is 0 Å². The molecule has 0 saturated heterocycles. The lowest BCUT2D eigenvalue weighted by molar-refractivity contribution is -0.136. The highest BCUT2D eigenvalue weighted by molar-refractivity contribution is 6.00. The van der Waals surface area contributed by atoms with Crippen molar-refractivity contribution < 1.29 is 19.5 Å². The molecule has 35 heavy (non-hydrogen) atoms. The molecule has 0 radical (unpaired) electrons. The van der Waals surface area contributed by atoms with Gasteiger partial charge in [-0.05, 0) is 54.4 Å². The molecule has 3 amide bonds. The molecule has 0 saturated carbocycles. The average Bonchev–Trinajstić information content (AvgIpc) is 2.83. The summed E-state index contributed by atoms with van der Waals surface area (Å²) in [7, 11) is 0. The number of benzene rings is 3. The number of nitrogens with one attached hydrogen (secondary N) is 4. The van der Waals surface area contributed by atoms with Crippen LogP contribution in [0.5, 0.6) is 0 Å². The summed E-state index contributed by atoms with van der Waals surface area (Å²) >= 11 is 0. The first-order valence-electron chi connectivity index (χ1n) is 11.5. The molecule has 0 bridgehead atoms. The fourth-order valence-electron chi connectivity index (χ4n) is 3.11. The Morgan fingerprint density at radius 1 is 0.771 bits per heavy atom. The molecule has 0 aromatic heterocycles. The van der Waals surface area contributed by atoms with Crippen molar-refractivity contribution >= 4 is 40.7 Å². The molecule has 5 N–H and O–H groups in total. The Morgan fingerprint density at radius 2 is 1.46 bits per heavy atom. The lowest BCUT2D eigenvalue weighted by Gasteiger charge is -2.11. The van der Waals surface area contributed by atoms with Crippen LogP contribution in [-0.4, -0.2) is 29.6 Å². The Kier molecular flexibility index (Phi) is 10.8. The molecule has 3 aromatic carbocycles. The third-order valence-electron chi connectivity index (χ3n) is 4.78. The van der Waals surface area contributed by atoms with Gasteiger partial charge in [0.2, 0.25) is 5.91 Å². The van der Waals surface area contributed by atoms with Crippen molar-refractivity contribution in [3.63, 3.8) is 0 Å². The topological polar surface area (TPSA) is 120 Å². The fourth-order valence-corrected chi connectivity index (χ4v) is 3.11. The van der Waals surface area contributed by atoms with E-state index in [9.17, 15) is 14.4 Å². The van der Waals surface area contributed by atoms with Gasteiger partial charge in [-0.2, -0.15) is 0 Å². The molecule has 3 rings (SSSR count). The first-order valence-corrected chi connectivity index (χ1v) is 11.5. The van der Waals surface area contributed by atoms with E-state index < -0.39 is 5.97 Å². The number of amides is 3. The molecular weight excluding hydrogens is 444 g/mol. The van der Waals surface area contributed by atoms with E-state index in [-0.39, 0.29) is 24.8 Å². The van der Waals surface area contributed by atoms with Crippen LogP contribution >= 0.6 is 0 Å². The van der Waals surface area contributed by atoms with Crippen molar-refractivity contribution in [3.8, 4) is 0 Å². The quantitative estimate of drug-likeness (QED) is 0.270. The summed E-state index contributed by atoms with van der Waals surface area (Å²) in [6.07, 6.45) is 0.182. The summed E-state index contributed by atoms with van der Waals surface area (Å²) in [4.78, 5) is 35.2. The summed E-state index contributed by atoms with van der Waals surface area (Å²) in [6, 6.07) is 21.3. The van der Waals surface area contributed by atoms with Gasteiger partial charge in [-0.15, -0.1) is 0 Å². The molecule has 0 fully saturated rings. The molecule has 8 heteroatoms. The number of para-hydroxylation sites is 1. The number of rotatable bonds is 9. The Balaban J connectivity index is 0.00000210. The van der Waals surface area contributed by atoms with Crippen molar-refractivity contribution in [1.29, 1.82) is 0 Å². The Morgan fingerprint density at radius 3 is 2.14 bits per heavy atom. The number of carboxylic acid groups (broad SMARTS) is 1. The number of aryl methyl sites for hydroxylation is 1. The maximum atomic E-state index is 12.4. The van der Waals surface area contributed by atoms with Gasteiger partial charge in [0.1, 0.15) is 0 Å². The molecule has 0 aliphatic carbocycles. The summed E-state index contributed by atoms with van der Waals surface area (Å²) in [5.41, 5.74) is 4.47. The van der Waals surface area contributed by atoms with E-state index >= 15 is 0 Å². The summed E-state index contributed by atoms with van der Waals surface area (Å²) < 4.78 is 0. The van der Waals surface area contributed by atoms with Crippen LogP contribution in [0.1, 0.15) is 31.4 Å². The summed E-state index contributed by atoms with van der Waals surface area (Å²) in [5.74, 6) is -1.06. The maximum absolute atomic E-state index is 12.4. The van der Waals surface area contributed by atoms with E-state index in [0.717, 1.165) is 22.5 Å². The van der Waals surface area contributed by atoms with E-state index in [1.165, 1.54) is 0 Å². The number of hydrogen-bond donors (Lipinski definition) is 5. The van der Waals surface area contributed by atoms with Crippen LogP contribution in [-0.2, 0) is 16.0 Å². The van der Waals surface area contributed by atoms with Crippen LogP contribution in [0, 0.1) is 6.92 Å². The van der Waals surface area contributed by atoms with Gasteiger partial charge in [0.05, 0.1) is 12.8 Å². The number of carbonyl (C=O) groups excluding carboxylic acids is 2. The lowest BCUT2D eigenvalue weighted by Crippen LogP contribution is -2.20. The van der Waals surface area contributed by atoms with E-state index in [0.29, 0.717) is 17.9 Å². The molecule has 0 heterocycles. The highest BCUT2D eigenvalue weighted by Crippen LogP contribution is 2.17. The van der Waals surface area contributed by atoms with Crippen LogP contribution in [0.4, 0.5) is 27.5 Å². The monoisotopic (exact) mass is 476 g/mol. The van der Waals surface area contributed by atoms with Gasteiger partial charge in [-0.3, -0.25) is 9.59 Å². The number of aliphatic carboxylic acids is 1. The normalized spacial score (nSPS) is 9.80. The Labute approximate surface area is 205 Å². The molecule has 3 aromatic rings. The number of carboxylic acids is 1. The minimum Gasteiger partial charge on any atom is -0.481 e. The third kappa shape index (κ3) is 9.59. The molecule has 0 atom stereocenters. The molecule has 0 aliphatic heterocycles. The molecule has 0 unspecified atom stereocenters. The van der Waals surface area contributed by atoms with Gasteiger partial charge in [0.25, 0.3) is 0 Å². The highest BCUT2D eigenvalue weighted by atomic mass is 16.4. The summed E-state index contributed by atoms with van der Waals surface area (Å²) in [5, 5.41) is 20.1. The number of urea groups is 1. The minimum atomic E-state index is -0.875. The van der Waals surface area contributed by atoms with Crippen LogP contribution in [0.3, 0.4) is 0 Å². The second kappa shape index (κ2) is 14.0. The molecule has 0 spiro atoms. The van der Waals surface area contributed by atoms with Crippen LogP contribution < -0.4 is 21.3 Å². The zero-order chi connectivity index (χ0) is 25.6. The number of hydrogen-bond acceptors (Lipinski definition) is 4. The minimum absolute atomic E-state index is 0.00892. The van der Waals surface area contributed by atoms with Crippen molar-refractivity contribution in [1.82, 2.24) is 0 Å². The smallest absolute Gasteiger partial charge is 0.323 e. The Bertz CT molecular complexity index is 1130. The SMILES string of the molecule is CC.Cc1ccccc1NC(=O)Nc1ccc(CC(=O)Nc2cccc(NCCC(=O)O)c2)cc1. The molecular formula is C27H32N4O4. The zero-order valence-corrected chi connectivity index (χ0v) is 20.2. The van der Waals surface area contributed by atoms with Gasteiger partial charge in [-0.25, -0.2) is 4.79 Å². The average molecular weight is 477 g/mol. The van der Waals surface area contributed by atoms with Crippen molar-refractivity contribution in [2.45, 2.75) is 33.6 Å². The first-order chi connectivity index (χ1) is 16.9. The van der Waals surface area contributed by atoms with Gasteiger partial charge in [-0.1, -0.05) is 50.2 Å². The molecule has 0 aliphatic rings. The second-order valence-electron chi connectivity index (χ2n) is 7.47. The zero-order valence-electron chi connectivity index (χ0n) is 20.2. The molecule has 184 valence electrons. The lowest BCUT2D eigenvalue weighted by atomic mass is 10.1. The van der Waals surface area contributed by atoms with Crippen LogP contribution in [0.25, 0.3) is 0 Å². The second-order valence-corrected chi connectivity index (χ2v) is 7.47. The third-order valence-corrected chi connectivity index (χ3v) is 4.78. The maximum Gasteiger partial charge on any atom is 0.323 e.